The van der Waals surface area contributed by atoms with Crippen molar-refractivity contribution in [3.8, 4) is 0 Å². The quantitative estimate of drug-likeness (QED) is 0.895. The molecular formula is C13H22N2OS. The van der Waals surface area contributed by atoms with Gasteiger partial charge < -0.3 is 10.3 Å². The number of aryl methyl sites for hydroxylation is 1. The van der Waals surface area contributed by atoms with Crippen molar-refractivity contribution in [3.63, 3.8) is 0 Å². The van der Waals surface area contributed by atoms with Crippen LogP contribution in [0.15, 0.2) is 6.07 Å². The lowest BCUT2D eigenvalue weighted by Gasteiger charge is -2.22. The van der Waals surface area contributed by atoms with Crippen LogP contribution in [0.4, 0.5) is 0 Å². The van der Waals surface area contributed by atoms with E-state index in [9.17, 15) is 4.21 Å². The summed E-state index contributed by atoms with van der Waals surface area (Å²) in [6.07, 6.45) is 5.15. The maximum atomic E-state index is 11.5. The van der Waals surface area contributed by atoms with Gasteiger partial charge in [0.05, 0.1) is 0 Å². The fourth-order valence-electron chi connectivity index (χ4n) is 2.62. The van der Waals surface area contributed by atoms with E-state index in [2.05, 4.69) is 17.6 Å². The Bertz CT molecular complexity index is 439. The summed E-state index contributed by atoms with van der Waals surface area (Å²) in [5.74, 6) is 0. The topological polar surface area (TPSA) is 48.0 Å². The molecule has 0 bridgehead atoms. The molecule has 17 heavy (non-hydrogen) atoms. The molecule has 0 saturated heterocycles. The van der Waals surface area contributed by atoms with Crippen LogP contribution in [-0.4, -0.2) is 20.3 Å². The molecule has 1 aliphatic carbocycles. The number of hydrogen-bond acceptors (Lipinski definition) is 2. The molecule has 0 aliphatic heterocycles. The van der Waals surface area contributed by atoms with Gasteiger partial charge in [0, 0.05) is 46.3 Å². The third-order valence-electron chi connectivity index (χ3n) is 3.78. The van der Waals surface area contributed by atoms with Crippen molar-refractivity contribution in [3.05, 3.63) is 23.0 Å². The lowest BCUT2D eigenvalue weighted by Crippen LogP contribution is -2.22. The van der Waals surface area contributed by atoms with Gasteiger partial charge in [-0.1, -0.05) is 0 Å². The summed E-state index contributed by atoms with van der Waals surface area (Å²) in [5.41, 5.74) is 10.1. The van der Waals surface area contributed by atoms with Gasteiger partial charge in [0.2, 0.25) is 0 Å². The molecule has 0 saturated carbocycles. The van der Waals surface area contributed by atoms with Gasteiger partial charge in [-0.15, -0.1) is 0 Å². The van der Waals surface area contributed by atoms with Gasteiger partial charge in [0.15, 0.2) is 0 Å². The molecule has 1 aromatic rings. The van der Waals surface area contributed by atoms with E-state index in [1.54, 1.807) is 6.26 Å². The lowest BCUT2D eigenvalue weighted by molar-refractivity contribution is 0.534. The van der Waals surface area contributed by atoms with Crippen LogP contribution >= 0.6 is 0 Å². The van der Waals surface area contributed by atoms with Crippen LogP contribution in [0.25, 0.3) is 0 Å². The molecule has 0 spiro atoms. The van der Waals surface area contributed by atoms with Crippen LogP contribution in [0.5, 0.6) is 0 Å². The van der Waals surface area contributed by atoms with Crippen LogP contribution in [-0.2, 0) is 23.8 Å². The summed E-state index contributed by atoms with van der Waals surface area (Å²) in [6.45, 7) is 5.01. The summed E-state index contributed by atoms with van der Waals surface area (Å²) in [6, 6.07) is 2.41. The Morgan fingerprint density at radius 1 is 1.65 bits per heavy atom. The van der Waals surface area contributed by atoms with E-state index in [-0.39, 0.29) is 11.3 Å². The zero-order valence-electron chi connectivity index (χ0n) is 10.9. The van der Waals surface area contributed by atoms with Gasteiger partial charge in [-0.3, -0.25) is 4.21 Å². The normalized spacial score (nSPS) is 23.2. The Morgan fingerprint density at radius 2 is 2.35 bits per heavy atom. The van der Waals surface area contributed by atoms with E-state index >= 15 is 0 Å². The maximum absolute atomic E-state index is 11.5. The van der Waals surface area contributed by atoms with Crippen molar-refractivity contribution in [2.45, 2.75) is 50.9 Å². The van der Waals surface area contributed by atoms with E-state index in [0.717, 1.165) is 19.4 Å². The highest BCUT2D eigenvalue weighted by atomic mass is 32.2. The van der Waals surface area contributed by atoms with Crippen molar-refractivity contribution in [2.75, 3.05) is 6.26 Å². The van der Waals surface area contributed by atoms with Crippen LogP contribution in [0, 0.1) is 6.92 Å². The molecule has 3 unspecified atom stereocenters. The molecule has 3 atom stereocenters. The Balaban J connectivity index is 2.31. The summed E-state index contributed by atoms with van der Waals surface area (Å²) < 4.78 is 13.8. The molecule has 0 amide bonds. The molecule has 0 radical (unpaired) electrons. The minimum atomic E-state index is -0.765. The van der Waals surface area contributed by atoms with Gasteiger partial charge in [0.25, 0.3) is 0 Å². The van der Waals surface area contributed by atoms with E-state index in [4.69, 9.17) is 5.73 Å². The fourth-order valence-corrected chi connectivity index (χ4v) is 2.98. The third kappa shape index (κ3) is 2.47. The second kappa shape index (κ2) is 4.94. The minimum Gasteiger partial charge on any atom is -0.347 e. The van der Waals surface area contributed by atoms with Crippen molar-refractivity contribution >= 4 is 10.8 Å². The Hall–Kier alpha value is -0.610. The SMILES string of the molecule is Cc1cc2c(n1CC(C)S(C)=O)CCCC2N. The number of aromatic nitrogens is 1. The molecule has 2 rings (SSSR count). The smallest absolute Gasteiger partial charge is 0.0496 e. The first-order chi connectivity index (χ1) is 8.00. The summed E-state index contributed by atoms with van der Waals surface area (Å²) >= 11 is 0. The van der Waals surface area contributed by atoms with Gasteiger partial charge in [-0.25, -0.2) is 0 Å². The van der Waals surface area contributed by atoms with Crippen molar-refractivity contribution in [1.29, 1.82) is 0 Å². The van der Waals surface area contributed by atoms with Gasteiger partial charge in [0.1, 0.15) is 0 Å². The molecule has 3 nitrogen and oxygen atoms in total. The molecule has 96 valence electrons. The Morgan fingerprint density at radius 3 is 3.00 bits per heavy atom. The Labute approximate surface area is 106 Å². The number of hydrogen-bond donors (Lipinski definition) is 1. The largest absolute Gasteiger partial charge is 0.347 e. The molecular weight excluding hydrogens is 232 g/mol. The van der Waals surface area contributed by atoms with E-state index < -0.39 is 10.8 Å². The highest BCUT2D eigenvalue weighted by Crippen LogP contribution is 2.30. The second-order valence-corrected chi connectivity index (χ2v) is 6.91. The summed E-state index contributed by atoms with van der Waals surface area (Å²) in [5, 5.41) is 0.198. The van der Waals surface area contributed by atoms with Crippen LogP contribution in [0.3, 0.4) is 0 Å². The third-order valence-corrected chi connectivity index (χ3v) is 5.07. The molecule has 2 N–H and O–H groups in total. The van der Waals surface area contributed by atoms with E-state index in [1.807, 2.05) is 6.92 Å². The average molecular weight is 254 g/mol. The zero-order valence-corrected chi connectivity index (χ0v) is 11.7. The van der Waals surface area contributed by atoms with Gasteiger partial charge >= 0.3 is 0 Å². The number of rotatable bonds is 3. The highest BCUT2D eigenvalue weighted by molar-refractivity contribution is 7.84. The zero-order chi connectivity index (χ0) is 12.6. The fraction of sp³-hybridized carbons (Fsp3) is 0.692. The second-order valence-electron chi connectivity index (χ2n) is 5.11. The standard InChI is InChI=1S/C13H22N2OS/c1-9-7-11-12(14)5-4-6-13(11)15(9)8-10(2)17(3)16/h7,10,12H,4-6,8,14H2,1-3H3. The molecule has 4 heteroatoms. The van der Waals surface area contributed by atoms with E-state index in [1.165, 1.54) is 23.4 Å². The first kappa shape index (κ1) is 12.8. The summed E-state index contributed by atoms with van der Waals surface area (Å²) in [4.78, 5) is 0. The highest BCUT2D eigenvalue weighted by Gasteiger charge is 2.23. The van der Waals surface area contributed by atoms with Crippen LogP contribution in [0.1, 0.15) is 42.8 Å². The van der Waals surface area contributed by atoms with Crippen LogP contribution in [0.2, 0.25) is 0 Å². The Kier molecular flexibility index (Phi) is 3.73. The maximum Gasteiger partial charge on any atom is 0.0496 e. The summed E-state index contributed by atoms with van der Waals surface area (Å²) in [7, 11) is -0.765. The minimum absolute atomic E-state index is 0.195. The molecule has 0 aromatic carbocycles. The molecule has 0 fully saturated rings. The monoisotopic (exact) mass is 254 g/mol. The van der Waals surface area contributed by atoms with Crippen molar-refractivity contribution in [1.82, 2.24) is 4.57 Å². The number of fused-ring (bicyclic) bond motifs is 1. The molecule has 1 aliphatic rings. The first-order valence-electron chi connectivity index (χ1n) is 6.27. The first-order valence-corrected chi connectivity index (χ1v) is 7.89. The average Bonchev–Trinajstić information content (AvgIpc) is 2.58. The predicted molar refractivity (Wildman–Crippen MR) is 72.6 cm³/mol. The van der Waals surface area contributed by atoms with Gasteiger partial charge in [-0.2, -0.15) is 0 Å². The number of nitrogens with two attached hydrogens (primary N) is 1. The van der Waals surface area contributed by atoms with Gasteiger partial charge in [-0.05, 0) is 44.7 Å². The van der Waals surface area contributed by atoms with Crippen molar-refractivity contribution < 1.29 is 4.21 Å². The van der Waals surface area contributed by atoms with Crippen LogP contribution < -0.4 is 5.73 Å². The molecule has 1 aromatic heterocycles. The number of nitrogens with zero attached hydrogens (tertiary/aromatic N) is 1. The van der Waals surface area contributed by atoms with E-state index in [0.29, 0.717) is 0 Å². The van der Waals surface area contributed by atoms with Crippen molar-refractivity contribution in [2.24, 2.45) is 5.73 Å². The predicted octanol–water partition coefficient (Wildman–Crippen LogP) is 1.90. The lowest BCUT2D eigenvalue weighted by atomic mass is 9.93. The molecule has 1 heterocycles.